The Kier molecular flexibility index (Phi) is 6.95. The normalized spacial score (nSPS) is 13.7. The van der Waals surface area contributed by atoms with Gasteiger partial charge in [-0.15, -0.1) is 0 Å². The van der Waals surface area contributed by atoms with Crippen molar-refractivity contribution in [3.8, 4) is 0 Å². The van der Waals surface area contributed by atoms with Crippen LogP contribution >= 0.6 is 11.8 Å². The lowest BCUT2D eigenvalue weighted by Crippen LogP contribution is -2.34. The molecule has 0 aromatic rings. The second-order valence-electron chi connectivity index (χ2n) is 2.51. The number of nitrogens with one attached hydrogen (secondary N) is 1. The number of thioether (sulfide) groups is 1. The molecule has 1 atom stereocenters. The summed E-state index contributed by atoms with van der Waals surface area (Å²) in [4.78, 5) is 11.3. The van der Waals surface area contributed by atoms with Gasteiger partial charge in [-0.25, -0.2) is 0 Å². The summed E-state index contributed by atoms with van der Waals surface area (Å²) in [5.41, 5.74) is 5.35. The molecule has 0 aliphatic heterocycles. The molecule has 0 aromatic carbocycles. The summed E-state index contributed by atoms with van der Waals surface area (Å²) in [5, 5.41) is 5.82. The third kappa shape index (κ3) is 5.65. The highest BCUT2D eigenvalue weighted by molar-refractivity contribution is 8.14. The van der Waals surface area contributed by atoms with Crippen LogP contribution in [0.5, 0.6) is 0 Å². The molecule has 14 heavy (non-hydrogen) atoms. The molecule has 6 nitrogen and oxygen atoms in total. The van der Waals surface area contributed by atoms with Crippen molar-refractivity contribution >= 4 is 22.8 Å². The quantitative estimate of drug-likeness (QED) is 0.182. The van der Waals surface area contributed by atoms with Crippen molar-refractivity contribution in [3.05, 3.63) is 0 Å². The standard InChI is InChI=1S/C7H16N4O2S/c1-5(14-7(8)11-9)6(12)10-3-4-13-2/h5H,3-4,9H2,1-2H3,(H2,8,11)(H,10,12). The fraction of sp³-hybridized carbons (Fsp3) is 0.714. The highest BCUT2D eigenvalue weighted by Gasteiger charge is 2.14. The van der Waals surface area contributed by atoms with Gasteiger partial charge in [-0.3, -0.25) is 4.79 Å². The SMILES string of the molecule is COCCNC(=O)C(C)SC(N)=NN. The van der Waals surface area contributed by atoms with Gasteiger partial charge in [0.1, 0.15) is 0 Å². The number of amidine groups is 1. The molecule has 0 saturated carbocycles. The summed E-state index contributed by atoms with van der Waals surface area (Å²) in [6.45, 7) is 2.70. The molecule has 0 saturated heterocycles. The van der Waals surface area contributed by atoms with Gasteiger partial charge in [-0.2, -0.15) is 5.10 Å². The number of hydrazone groups is 1. The van der Waals surface area contributed by atoms with Crippen LogP contribution in [0.2, 0.25) is 0 Å². The Hall–Kier alpha value is -0.950. The molecule has 0 aromatic heterocycles. The number of amides is 1. The predicted octanol–water partition coefficient (Wildman–Crippen LogP) is -0.941. The molecule has 0 aliphatic carbocycles. The van der Waals surface area contributed by atoms with Gasteiger partial charge in [-0.05, 0) is 6.92 Å². The number of carbonyl (C=O) groups excluding carboxylic acids is 1. The molecule has 7 heteroatoms. The third-order valence-electron chi connectivity index (χ3n) is 1.40. The smallest absolute Gasteiger partial charge is 0.233 e. The topological polar surface area (TPSA) is 103 Å². The molecule has 0 bridgehead atoms. The maximum Gasteiger partial charge on any atom is 0.233 e. The van der Waals surface area contributed by atoms with Crippen LogP contribution in [0.3, 0.4) is 0 Å². The Balaban J connectivity index is 3.76. The van der Waals surface area contributed by atoms with Gasteiger partial charge < -0.3 is 21.6 Å². The van der Waals surface area contributed by atoms with E-state index in [4.69, 9.17) is 16.3 Å². The molecule has 1 amide bonds. The van der Waals surface area contributed by atoms with Gasteiger partial charge in [0.25, 0.3) is 0 Å². The van der Waals surface area contributed by atoms with Crippen molar-refractivity contribution in [2.75, 3.05) is 20.3 Å². The van der Waals surface area contributed by atoms with E-state index in [-0.39, 0.29) is 16.3 Å². The van der Waals surface area contributed by atoms with Gasteiger partial charge in [0.2, 0.25) is 5.91 Å². The van der Waals surface area contributed by atoms with Crippen molar-refractivity contribution in [2.24, 2.45) is 16.7 Å². The Morgan fingerprint density at radius 1 is 1.71 bits per heavy atom. The van der Waals surface area contributed by atoms with E-state index in [1.807, 2.05) is 0 Å². The zero-order valence-corrected chi connectivity index (χ0v) is 9.13. The van der Waals surface area contributed by atoms with Crippen LogP contribution < -0.4 is 16.9 Å². The van der Waals surface area contributed by atoms with Crippen molar-refractivity contribution in [3.63, 3.8) is 0 Å². The number of rotatable bonds is 5. The van der Waals surface area contributed by atoms with E-state index in [0.717, 1.165) is 11.8 Å². The second kappa shape index (κ2) is 7.45. The van der Waals surface area contributed by atoms with Crippen molar-refractivity contribution in [1.29, 1.82) is 0 Å². The summed E-state index contributed by atoms with van der Waals surface area (Å²) in [6, 6.07) is 0. The maximum absolute atomic E-state index is 11.3. The third-order valence-corrected chi connectivity index (χ3v) is 2.31. The monoisotopic (exact) mass is 220 g/mol. The van der Waals surface area contributed by atoms with Crippen LogP contribution in [0.1, 0.15) is 6.92 Å². The van der Waals surface area contributed by atoms with E-state index in [2.05, 4.69) is 10.4 Å². The van der Waals surface area contributed by atoms with Crippen LogP contribution in [0, 0.1) is 0 Å². The van der Waals surface area contributed by atoms with E-state index in [0.29, 0.717) is 13.2 Å². The average Bonchev–Trinajstić information content (AvgIpc) is 2.17. The van der Waals surface area contributed by atoms with Crippen molar-refractivity contribution in [1.82, 2.24) is 5.32 Å². The predicted molar refractivity (Wildman–Crippen MR) is 57.7 cm³/mol. The number of ether oxygens (including phenoxy) is 1. The fourth-order valence-corrected chi connectivity index (χ4v) is 1.30. The average molecular weight is 220 g/mol. The van der Waals surface area contributed by atoms with E-state index in [9.17, 15) is 4.79 Å². The summed E-state index contributed by atoms with van der Waals surface area (Å²) < 4.78 is 4.78. The van der Waals surface area contributed by atoms with Gasteiger partial charge in [-0.1, -0.05) is 11.8 Å². The van der Waals surface area contributed by atoms with Crippen LogP contribution in [-0.2, 0) is 9.53 Å². The first-order chi connectivity index (χ1) is 6.61. The minimum Gasteiger partial charge on any atom is -0.383 e. The summed E-state index contributed by atoms with van der Waals surface area (Å²) in [6.07, 6.45) is 0. The first kappa shape index (κ1) is 13.1. The molecule has 0 fully saturated rings. The second-order valence-corrected chi connectivity index (χ2v) is 3.87. The first-order valence-corrected chi connectivity index (χ1v) is 4.96. The van der Waals surface area contributed by atoms with Gasteiger partial charge in [0.05, 0.1) is 11.9 Å². The highest BCUT2D eigenvalue weighted by atomic mass is 32.2. The lowest BCUT2D eigenvalue weighted by atomic mass is 10.4. The number of nitrogens with two attached hydrogens (primary N) is 2. The van der Waals surface area contributed by atoms with Crippen molar-refractivity contribution in [2.45, 2.75) is 12.2 Å². The van der Waals surface area contributed by atoms with Crippen LogP contribution in [0.4, 0.5) is 0 Å². The van der Waals surface area contributed by atoms with Crippen LogP contribution in [-0.4, -0.2) is 36.6 Å². The fourth-order valence-electron chi connectivity index (χ4n) is 0.685. The molecular weight excluding hydrogens is 204 g/mol. The largest absolute Gasteiger partial charge is 0.383 e. The molecule has 0 spiro atoms. The lowest BCUT2D eigenvalue weighted by Gasteiger charge is -2.10. The van der Waals surface area contributed by atoms with Gasteiger partial charge >= 0.3 is 0 Å². The zero-order valence-electron chi connectivity index (χ0n) is 8.32. The van der Waals surface area contributed by atoms with Crippen LogP contribution in [0.25, 0.3) is 0 Å². The van der Waals surface area contributed by atoms with Crippen LogP contribution in [0.15, 0.2) is 5.10 Å². The molecule has 0 rings (SSSR count). The number of carbonyl (C=O) groups is 1. The highest BCUT2D eigenvalue weighted by Crippen LogP contribution is 2.09. The van der Waals surface area contributed by atoms with E-state index < -0.39 is 0 Å². The zero-order chi connectivity index (χ0) is 11.0. The maximum atomic E-state index is 11.3. The van der Waals surface area contributed by atoms with E-state index in [1.165, 1.54) is 0 Å². The number of methoxy groups -OCH3 is 1. The molecule has 0 radical (unpaired) electrons. The first-order valence-electron chi connectivity index (χ1n) is 4.08. The summed E-state index contributed by atoms with van der Waals surface area (Å²) in [7, 11) is 1.57. The molecule has 0 heterocycles. The van der Waals surface area contributed by atoms with Gasteiger partial charge in [0, 0.05) is 13.7 Å². The summed E-state index contributed by atoms with van der Waals surface area (Å²) >= 11 is 1.12. The Bertz CT molecular complexity index is 210. The molecule has 0 aliphatic rings. The molecule has 82 valence electrons. The molecule has 5 N–H and O–H groups in total. The van der Waals surface area contributed by atoms with E-state index in [1.54, 1.807) is 14.0 Å². The van der Waals surface area contributed by atoms with Gasteiger partial charge in [0.15, 0.2) is 5.17 Å². The Morgan fingerprint density at radius 2 is 2.36 bits per heavy atom. The Labute approximate surface area is 87.4 Å². The Morgan fingerprint density at radius 3 is 2.86 bits per heavy atom. The number of hydrogen-bond acceptors (Lipinski definition) is 5. The minimum atomic E-state index is -0.306. The van der Waals surface area contributed by atoms with Crippen molar-refractivity contribution < 1.29 is 9.53 Å². The number of nitrogens with zero attached hydrogens (tertiary/aromatic N) is 1. The molecule has 1 unspecified atom stereocenters. The minimum absolute atomic E-state index is 0.112. The summed E-state index contributed by atoms with van der Waals surface area (Å²) in [5.74, 6) is 4.82. The lowest BCUT2D eigenvalue weighted by molar-refractivity contribution is -0.120. The molecular formula is C7H16N4O2S. The number of hydrogen-bond donors (Lipinski definition) is 3. The van der Waals surface area contributed by atoms with E-state index >= 15 is 0 Å².